The largest absolute Gasteiger partial charge is 0.312 e. The molecule has 4 rings (SSSR count). The molecule has 2 aromatic heterocycles. The molecule has 1 aromatic carbocycles. The number of aryl methyl sites for hydroxylation is 2. The Morgan fingerprint density at radius 1 is 1.08 bits per heavy atom. The lowest BCUT2D eigenvalue weighted by molar-refractivity contribution is 0.589. The molecule has 0 saturated carbocycles. The highest BCUT2D eigenvalue weighted by molar-refractivity contribution is 7.84. The molecular weight excluding hydrogens is 373 g/mol. The zero-order chi connectivity index (χ0) is 17.3. The van der Waals surface area contributed by atoms with Gasteiger partial charge < -0.3 is 5.09 Å². The zero-order valence-electron chi connectivity index (χ0n) is 13.5. The van der Waals surface area contributed by atoms with Gasteiger partial charge in [0.2, 0.25) is 0 Å². The first-order valence-electron chi connectivity index (χ1n) is 8.20. The molecule has 0 radical (unpaired) electrons. The van der Waals surface area contributed by atoms with Crippen LogP contribution >= 0.6 is 30.2 Å². The molecular formula is C18H17ClN3OPS. The van der Waals surface area contributed by atoms with Crippen molar-refractivity contribution in [2.24, 2.45) is 0 Å². The second kappa shape index (κ2) is 6.91. The smallest absolute Gasteiger partial charge is 0.255 e. The molecule has 0 aliphatic heterocycles. The highest BCUT2D eigenvalue weighted by atomic mass is 35.5. The van der Waals surface area contributed by atoms with Crippen molar-refractivity contribution in [2.75, 3.05) is 5.09 Å². The van der Waals surface area contributed by atoms with E-state index in [2.05, 4.69) is 10.1 Å². The fourth-order valence-corrected chi connectivity index (χ4v) is 6.99. The standard InChI is InChI=1S/C18H17ClN3OPS/c19-13-10-11-17(20-12-13)22-24(23,14-6-2-1-3-7-14)18-21-15-8-4-5-9-16(15)25-18/h1-3,6-7,10-12H,4-5,8-9H2,(H,20,22,23)/t24-/m0/s1. The normalized spacial score (nSPS) is 16.0. The lowest BCUT2D eigenvalue weighted by Gasteiger charge is -2.18. The zero-order valence-corrected chi connectivity index (χ0v) is 16.0. The van der Waals surface area contributed by atoms with Gasteiger partial charge in [-0.05, 0) is 49.9 Å². The SMILES string of the molecule is O=[P@@](Nc1ccc(Cl)cn1)(c1ccccc1)c1nc2c(s1)CCCC2. The van der Waals surface area contributed by atoms with Crippen LogP contribution in [0, 0.1) is 0 Å². The van der Waals surface area contributed by atoms with Crippen LogP contribution in [-0.2, 0) is 17.4 Å². The lowest BCUT2D eigenvalue weighted by Crippen LogP contribution is -2.22. The Morgan fingerprint density at radius 2 is 1.88 bits per heavy atom. The van der Waals surface area contributed by atoms with Gasteiger partial charge in [-0.1, -0.05) is 29.8 Å². The fourth-order valence-electron chi connectivity index (χ4n) is 2.94. The fraction of sp³-hybridized carbons (Fsp3) is 0.222. The highest BCUT2D eigenvalue weighted by Gasteiger charge is 2.33. The van der Waals surface area contributed by atoms with Crippen molar-refractivity contribution in [1.82, 2.24) is 9.97 Å². The van der Waals surface area contributed by atoms with Gasteiger partial charge in [0.25, 0.3) is 7.29 Å². The Kier molecular flexibility index (Phi) is 4.63. The number of rotatable bonds is 4. The Labute approximate surface area is 155 Å². The summed E-state index contributed by atoms with van der Waals surface area (Å²) in [7, 11) is -3.11. The predicted molar refractivity (Wildman–Crippen MR) is 105 cm³/mol. The molecule has 7 heteroatoms. The molecule has 128 valence electrons. The number of aromatic nitrogens is 2. The van der Waals surface area contributed by atoms with Gasteiger partial charge in [0.1, 0.15) is 5.82 Å². The lowest BCUT2D eigenvalue weighted by atomic mass is 10.0. The minimum atomic E-state index is -3.11. The average molecular weight is 390 g/mol. The molecule has 4 nitrogen and oxygen atoms in total. The molecule has 0 fully saturated rings. The van der Waals surface area contributed by atoms with Crippen LogP contribution in [0.15, 0.2) is 48.7 Å². The topological polar surface area (TPSA) is 54.9 Å². The Balaban J connectivity index is 1.80. The maximum Gasteiger partial charge on any atom is 0.255 e. The molecule has 0 amide bonds. The van der Waals surface area contributed by atoms with Crippen LogP contribution in [0.2, 0.25) is 5.02 Å². The van der Waals surface area contributed by atoms with Crippen LogP contribution < -0.4 is 15.1 Å². The molecule has 0 unspecified atom stereocenters. The number of anilines is 1. The second-order valence-electron chi connectivity index (χ2n) is 5.99. The van der Waals surface area contributed by atoms with Gasteiger partial charge in [0.05, 0.1) is 10.7 Å². The molecule has 1 aliphatic carbocycles. The minimum Gasteiger partial charge on any atom is -0.312 e. The molecule has 0 bridgehead atoms. The quantitative estimate of drug-likeness (QED) is 0.671. The average Bonchev–Trinajstić information content (AvgIpc) is 3.09. The third-order valence-electron chi connectivity index (χ3n) is 4.22. The Bertz CT molecular complexity index is 904. The number of hydrogen-bond donors (Lipinski definition) is 1. The van der Waals surface area contributed by atoms with E-state index >= 15 is 0 Å². The van der Waals surface area contributed by atoms with E-state index in [-0.39, 0.29) is 0 Å². The molecule has 1 aliphatic rings. The number of fused-ring (bicyclic) bond motifs is 1. The van der Waals surface area contributed by atoms with Crippen molar-refractivity contribution in [1.29, 1.82) is 0 Å². The van der Waals surface area contributed by atoms with E-state index in [1.54, 1.807) is 29.7 Å². The van der Waals surface area contributed by atoms with E-state index in [1.807, 2.05) is 30.3 Å². The van der Waals surface area contributed by atoms with Gasteiger partial charge in [-0.2, -0.15) is 0 Å². The number of pyridine rings is 1. The summed E-state index contributed by atoms with van der Waals surface area (Å²) < 4.78 is 14.7. The van der Waals surface area contributed by atoms with Crippen molar-refractivity contribution in [3.63, 3.8) is 0 Å². The molecule has 2 heterocycles. The first kappa shape index (κ1) is 16.8. The molecule has 25 heavy (non-hydrogen) atoms. The molecule has 0 saturated heterocycles. The van der Waals surface area contributed by atoms with Crippen LogP contribution in [0.4, 0.5) is 5.82 Å². The van der Waals surface area contributed by atoms with Crippen LogP contribution in [0.3, 0.4) is 0 Å². The number of halogens is 1. The van der Waals surface area contributed by atoms with Gasteiger partial charge >= 0.3 is 0 Å². The van der Waals surface area contributed by atoms with Gasteiger partial charge in [-0.15, -0.1) is 11.3 Å². The monoisotopic (exact) mass is 389 g/mol. The summed E-state index contributed by atoms with van der Waals surface area (Å²) in [5, 5.41) is 4.44. The third kappa shape index (κ3) is 3.37. The first-order valence-corrected chi connectivity index (χ1v) is 11.1. The third-order valence-corrected chi connectivity index (χ3v) is 8.66. The summed E-state index contributed by atoms with van der Waals surface area (Å²) in [5.74, 6) is 0.532. The first-order chi connectivity index (χ1) is 12.1. The van der Waals surface area contributed by atoms with Crippen molar-refractivity contribution in [3.8, 4) is 0 Å². The number of benzene rings is 1. The predicted octanol–water partition coefficient (Wildman–Crippen LogP) is 4.41. The molecule has 1 N–H and O–H groups in total. The van der Waals surface area contributed by atoms with Crippen molar-refractivity contribution >= 4 is 46.1 Å². The van der Waals surface area contributed by atoms with E-state index in [9.17, 15) is 4.57 Å². The summed E-state index contributed by atoms with van der Waals surface area (Å²) in [6.07, 6.45) is 5.88. The van der Waals surface area contributed by atoms with E-state index in [1.165, 1.54) is 11.3 Å². The van der Waals surface area contributed by atoms with Crippen molar-refractivity contribution in [2.45, 2.75) is 25.7 Å². The number of nitrogens with zero attached hydrogens (tertiary/aromatic N) is 2. The Hall–Kier alpha value is -1.68. The summed E-state index contributed by atoms with van der Waals surface area (Å²) >= 11 is 7.48. The molecule has 1 atom stereocenters. The summed E-state index contributed by atoms with van der Waals surface area (Å²) in [6, 6.07) is 12.9. The van der Waals surface area contributed by atoms with E-state index in [0.29, 0.717) is 15.6 Å². The van der Waals surface area contributed by atoms with Crippen LogP contribution in [0.1, 0.15) is 23.4 Å². The number of thiazole rings is 1. The molecule has 3 aromatic rings. The molecule has 0 spiro atoms. The van der Waals surface area contributed by atoms with E-state index in [0.717, 1.165) is 30.3 Å². The van der Waals surface area contributed by atoms with Crippen LogP contribution in [-0.4, -0.2) is 9.97 Å². The van der Waals surface area contributed by atoms with Gasteiger partial charge in [-0.25, -0.2) is 9.97 Å². The van der Waals surface area contributed by atoms with Crippen LogP contribution in [0.25, 0.3) is 0 Å². The highest BCUT2D eigenvalue weighted by Crippen LogP contribution is 2.45. The maximum atomic E-state index is 14.1. The number of hydrogen-bond acceptors (Lipinski definition) is 4. The van der Waals surface area contributed by atoms with Gasteiger partial charge in [0, 0.05) is 16.4 Å². The maximum absolute atomic E-state index is 14.1. The van der Waals surface area contributed by atoms with Gasteiger partial charge in [-0.3, -0.25) is 4.57 Å². The summed E-state index contributed by atoms with van der Waals surface area (Å²) in [6.45, 7) is 0. The Morgan fingerprint density at radius 3 is 2.60 bits per heavy atom. The van der Waals surface area contributed by atoms with Crippen LogP contribution in [0.5, 0.6) is 0 Å². The summed E-state index contributed by atoms with van der Waals surface area (Å²) in [5.41, 5.74) is 1.10. The van der Waals surface area contributed by atoms with E-state index in [4.69, 9.17) is 16.6 Å². The second-order valence-corrected chi connectivity index (χ2v) is 10.2. The summed E-state index contributed by atoms with van der Waals surface area (Å²) in [4.78, 5) is 10.3. The minimum absolute atomic E-state index is 0.532. The number of nitrogens with one attached hydrogen (secondary N) is 1. The van der Waals surface area contributed by atoms with Crippen molar-refractivity contribution in [3.05, 3.63) is 64.3 Å². The van der Waals surface area contributed by atoms with E-state index < -0.39 is 7.29 Å². The van der Waals surface area contributed by atoms with Crippen molar-refractivity contribution < 1.29 is 4.57 Å². The van der Waals surface area contributed by atoms with Gasteiger partial charge in [0.15, 0.2) is 4.75 Å².